The Morgan fingerprint density at radius 1 is 0.972 bits per heavy atom. The molecule has 0 radical (unpaired) electrons. The van der Waals surface area contributed by atoms with Gasteiger partial charge in [-0.1, -0.05) is 24.3 Å². The number of hydrogen-bond acceptors (Lipinski definition) is 14. The Labute approximate surface area is 416 Å². The molecule has 19 heteroatoms. The van der Waals surface area contributed by atoms with Gasteiger partial charge in [-0.25, -0.2) is 26.7 Å². The summed E-state index contributed by atoms with van der Waals surface area (Å²) in [5.74, 6) is 1.73. The van der Waals surface area contributed by atoms with E-state index >= 15 is 0 Å². The van der Waals surface area contributed by atoms with Crippen molar-refractivity contribution in [3.8, 4) is 11.5 Å². The second-order valence-corrected chi connectivity index (χ2v) is 25.6. The topological polar surface area (TPSA) is 208 Å². The summed E-state index contributed by atoms with van der Waals surface area (Å²) in [4.78, 5) is 44.5. The molecule has 3 aliphatic carbocycles. The first-order valence-corrected chi connectivity index (χ1v) is 29.1. The average molecular weight is 1010 g/mol. The normalized spacial score (nSPS) is 27.0. The molecule has 4 aliphatic heterocycles. The molecule has 0 bridgehead atoms. The summed E-state index contributed by atoms with van der Waals surface area (Å²) >= 11 is 0. The summed E-state index contributed by atoms with van der Waals surface area (Å²) in [5.41, 5.74) is 4.95. The molecule has 3 atom stereocenters. The van der Waals surface area contributed by atoms with Crippen molar-refractivity contribution in [3.63, 3.8) is 0 Å². The molecular weight excluding hydrogens is 941 g/mol. The molecule has 6 fully saturated rings. The number of likely N-dealkylation sites (tertiary alicyclic amines) is 1. The minimum absolute atomic E-state index is 0.0235. The first-order valence-electron chi connectivity index (χ1n) is 25.7. The molecule has 11 rings (SSSR count). The van der Waals surface area contributed by atoms with E-state index in [2.05, 4.69) is 64.0 Å². The van der Waals surface area contributed by atoms with Gasteiger partial charge in [0.05, 0.1) is 17.8 Å². The predicted molar refractivity (Wildman–Crippen MR) is 276 cm³/mol. The van der Waals surface area contributed by atoms with Gasteiger partial charge in [-0.05, 0) is 143 Å². The van der Waals surface area contributed by atoms with Crippen LogP contribution in [0.4, 0.5) is 5.69 Å². The average Bonchev–Trinajstić information content (AvgIpc) is 3.90. The number of amides is 1. The summed E-state index contributed by atoms with van der Waals surface area (Å²) in [7, 11) is -4.77. The lowest BCUT2D eigenvalue weighted by Crippen LogP contribution is -2.54. The van der Waals surface area contributed by atoms with Crippen molar-refractivity contribution >= 4 is 48.6 Å². The number of H-pyrrole nitrogens is 1. The lowest BCUT2D eigenvalue weighted by atomic mass is 9.59. The highest BCUT2D eigenvalue weighted by atomic mass is 32.2. The van der Waals surface area contributed by atoms with Crippen molar-refractivity contribution in [1.29, 1.82) is 0 Å². The van der Waals surface area contributed by atoms with Crippen molar-refractivity contribution in [2.75, 3.05) is 62.7 Å². The summed E-state index contributed by atoms with van der Waals surface area (Å²) in [5, 5.41) is 16.4. The number of nitrogens with one attached hydrogen (secondary N) is 3. The van der Waals surface area contributed by atoms with Crippen molar-refractivity contribution in [2.45, 2.75) is 113 Å². The molecule has 378 valence electrons. The number of sulfonamides is 1. The monoisotopic (exact) mass is 1010 g/mol. The number of benzene rings is 2. The van der Waals surface area contributed by atoms with E-state index in [9.17, 15) is 27.5 Å². The van der Waals surface area contributed by atoms with Crippen LogP contribution in [0.15, 0.2) is 87.3 Å². The van der Waals surface area contributed by atoms with Gasteiger partial charge in [-0.3, -0.25) is 30.1 Å². The third-order valence-corrected chi connectivity index (χ3v) is 20.3. The van der Waals surface area contributed by atoms with Crippen LogP contribution in [-0.2, 0) is 19.8 Å². The minimum Gasteiger partial charge on any atom is -0.455 e. The molecule has 3 saturated carbocycles. The molecule has 3 saturated heterocycles. The number of anilines is 1. The lowest BCUT2D eigenvalue weighted by molar-refractivity contribution is -0.513. The van der Waals surface area contributed by atoms with Crippen molar-refractivity contribution in [1.82, 2.24) is 29.8 Å². The minimum atomic E-state index is -4.61. The molecule has 6 heterocycles. The van der Waals surface area contributed by atoms with Gasteiger partial charge in [0.1, 0.15) is 22.1 Å². The highest BCUT2D eigenvalue weighted by molar-refractivity contribution is 7.94. The smallest absolute Gasteiger partial charge is 0.268 e. The second kappa shape index (κ2) is 19.7. The summed E-state index contributed by atoms with van der Waals surface area (Å²) in [6, 6.07) is 17.7. The number of nitro groups is 1. The number of rotatable bonds is 14. The maximum Gasteiger partial charge on any atom is 0.268 e. The Balaban J connectivity index is 0.737. The number of aliphatic imine (C=N–C) groups is 1. The van der Waals surface area contributed by atoms with Gasteiger partial charge in [-0.2, -0.15) is 0 Å². The van der Waals surface area contributed by atoms with E-state index in [0.29, 0.717) is 46.9 Å². The number of aromatic amines is 1. The van der Waals surface area contributed by atoms with Crippen LogP contribution in [0.1, 0.15) is 110 Å². The molecule has 2 aromatic carbocycles. The number of fused-ring (bicyclic) bond motifs is 1. The fourth-order valence-corrected chi connectivity index (χ4v) is 15.6. The Hall–Kier alpha value is -5.21. The van der Waals surface area contributed by atoms with Gasteiger partial charge < -0.3 is 19.5 Å². The molecule has 71 heavy (non-hydrogen) atoms. The van der Waals surface area contributed by atoms with Crippen LogP contribution in [0.25, 0.3) is 11.0 Å². The fraction of sp³-hybridized carbons (Fsp3) is 0.558. The Morgan fingerprint density at radius 3 is 2.48 bits per heavy atom. The number of hydrogen-bond donors (Lipinski definition) is 3. The number of dihydropyridines is 1. The number of piperidine rings is 1. The number of nitrogens with zero attached hydrogens (tertiary/aromatic N) is 7. The van der Waals surface area contributed by atoms with Crippen LogP contribution in [-0.4, -0.2) is 132 Å². The molecule has 2 aromatic heterocycles. The van der Waals surface area contributed by atoms with Gasteiger partial charge >= 0.3 is 0 Å². The Kier molecular flexibility index (Phi) is 13.3. The van der Waals surface area contributed by atoms with E-state index in [4.69, 9.17) is 9.10 Å². The lowest BCUT2D eigenvalue weighted by Gasteiger charge is -2.56. The fourth-order valence-electron chi connectivity index (χ4n) is 12.3. The summed E-state index contributed by atoms with van der Waals surface area (Å²) < 4.78 is 54.3. The van der Waals surface area contributed by atoms with Gasteiger partial charge in [0.25, 0.3) is 22.0 Å². The molecule has 2 unspecified atom stereocenters. The third-order valence-electron chi connectivity index (χ3n) is 16.6. The molecule has 17 nitrogen and oxygen atoms in total. The zero-order valence-corrected chi connectivity index (χ0v) is 42.1. The quantitative estimate of drug-likeness (QED) is 0.0836. The standard InChI is InChI=1S/C52H66N10O7S2/c1-59-23-25-70(66,26-24-59)57-38-12-8-35(9-13-38)32-54-50-47(62(64)65)29-42(34-56-50)71(67,68)58-51(63)45-15-14-39(28-48(45)69-41-27-37-16-19-53-49(37)55-33-41)60-21-17-52(18-22-60)30-40(31-52)61-20-4-7-46(61)44-6-3-2-5-43(44)36-10-11-36/h2-3,5-6,14-16,19,27-29,33-36,38,40,46-47,50,54H,4,7-13,17-18,20-26,30-32H2,1H3,(H,53,55)(H,58,63)/t35?,38?,46-,47?,50?/m1/s1. The number of aromatic nitrogens is 2. The van der Waals surface area contributed by atoms with Crippen molar-refractivity contribution in [2.24, 2.45) is 20.7 Å². The van der Waals surface area contributed by atoms with Gasteiger partial charge in [-0.15, -0.1) is 0 Å². The molecule has 3 N–H and O–H groups in total. The number of ether oxygens (including phenoxy) is 1. The third kappa shape index (κ3) is 10.4. The van der Waals surface area contributed by atoms with E-state index in [1.165, 1.54) is 45.1 Å². The van der Waals surface area contributed by atoms with Crippen LogP contribution < -0.4 is 19.7 Å². The van der Waals surface area contributed by atoms with Gasteiger partial charge in [0, 0.05) is 107 Å². The van der Waals surface area contributed by atoms with Crippen LogP contribution in [0.5, 0.6) is 11.5 Å². The van der Waals surface area contributed by atoms with Gasteiger partial charge in [0.2, 0.25) is 0 Å². The van der Waals surface area contributed by atoms with Crippen LogP contribution in [0, 0.1) is 21.4 Å². The first-order chi connectivity index (χ1) is 34.3. The Bertz CT molecular complexity index is 2940. The van der Waals surface area contributed by atoms with E-state index in [1.54, 1.807) is 41.7 Å². The molecular formula is C52H66N10O7S2. The number of allylic oxidation sites excluding steroid dienone is 1. The summed E-state index contributed by atoms with van der Waals surface area (Å²) in [6.45, 7) is 4.88. The number of pyridine rings is 1. The molecule has 1 spiro atoms. The van der Waals surface area contributed by atoms with Crippen molar-refractivity contribution < 1.29 is 27.1 Å². The largest absolute Gasteiger partial charge is 0.455 e. The van der Waals surface area contributed by atoms with E-state index in [-0.39, 0.29) is 23.3 Å². The molecule has 4 aromatic rings. The second-order valence-electron chi connectivity index (χ2n) is 21.4. The van der Waals surface area contributed by atoms with Crippen molar-refractivity contribution in [3.05, 3.63) is 105 Å². The van der Waals surface area contributed by atoms with Gasteiger partial charge in [0.15, 0.2) is 6.17 Å². The molecule has 1 amide bonds. The number of carbonyl (C=O) groups excluding carboxylic acids is 1. The van der Waals surface area contributed by atoms with Crippen LogP contribution in [0.2, 0.25) is 0 Å². The number of carbonyl (C=O) groups is 1. The Morgan fingerprint density at radius 2 is 1.73 bits per heavy atom. The van der Waals surface area contributed by atoms with E-state index in [1.807, 2.05) is 19.2 Å². The highest BCUT2D eigenvalue weighted by Gasteiger charge is 2.50. The van der Waals surface area contributed by atoms with E-state index < -0.39 is 47.7 Å². The molecule has 7 aliphatic rings. The first kappa shape index (κ1) is 48.1. The highest BCUT2D eigenvalue weighted by Crippen LogP contribution is 2.55. The maximum atomic E-state index is 14.1. The zero-order valence-electron chi connectivity index (χ0n) is 40.5. The van der Waals surface area contributed by atoms with Crippen LogP contribution in [0.3, 0.4) is 0 Å². The van der Waals surface area contributed by atoms with E-state index in [0.717, 1.165) is 94.0 Å². The SMILES string of the molecule is CN1CCS(=O)(=NC2CCC(CNC3N=CC(S(=O)(=O)NC(=O)c4ccc(N5CCC6(CC5)CC(N5CCC[C@@H]5c5ccccc5C5CC5)C6)cc4Oc4cnc5[nH]ccc5c4)=CC3[N+](=O)[O-])CC2)CC1. The van der Waals surface area contributed by atoms with Crippen LogP contribution >= 0.6 is 0 Å². The maximum absolute atomic E-state index is 14.1. The summed E-state index contributed by atoms with van der Waals surface area (Å²) in [6.07, 6.45) is 17.3. The zero-order chi connectivity index (χ0) is 48.9. The predicted octanol–water partition coefficient (Wildman–Crippen LogP) is 7.38.